The van der Waals surface area contributed by atoms with Crippen LogP contribution in [0.5, 0.6) is 0 Å². The first-order valence-corrected chi connectivity index (χ1v) is 8.50. The third-order valence-electron chi connectivity index (χ3n) is 4.56. The lowest BCUT2D eigenvalue weighted by Crippen LogP contribution is -2.33. The van der Waals surface area contributed by atoms with Crippen molar-refractivity contribution in [1.29, 1.82) is 0 Å². The Hall–Kier alpha value is -2.36. The molecule has 4 heteroatoms. The minimum Gasteiger partial charge on any atom is -0.368 e. The van der Waals surface area contributed by atoms with Crippen LogP contribution in [-0.2, 0) is 17.6 Å². The number of para-hydroxylation sites is 1. The highest BCUT2D eigenvalue weighted by atomic mass is 19.1. The summed E-state index contributed by atoms with van der Waals surface area (Å²) in [4.78, 5) is 14.3. The Balaban J connectivity index is 1.44. The molecule has 0 spiro atoms. The second-order valence-corrected chi connectivity index (χ2v) is 6.35. The predicted molar refractivity (Wildman–Crippen MR) is 94.7 cm³/mol. The lowest BCUT2D eigenvalue weighted by Gasteiger charge is -2.24. The Kier molecular flexibility index (Phi) is 5.14. The molecule has 1 aliphatic rings. The molecule has 0 saturated carbocycles. The van der Waals surface area contributed by atoms with Crippen molar-refractivity contribution in [2.45, 2.75) is 32.2 Å². The van der Waals surface area contributed by atoms with Gasteiger partial charge in [0.15, 0.2) is 0 Å². The van der Waals surface area contributed by atoms with Crippen molar-refractivity contribution in [2.75, 3.05) is 18.0 Å². The highest BCUT2D eigenvalue weighted by molar-refractivity contribution is 5.78. The van der Waals surface area contributed by atoms with Crippen LogP contribution in [0.4, 0.5) is 10.1 Å². The number of nitrogens with one attached hydrogen (secondary N) is 1. The number of rotatable bonds is 6. The quantitative estimate of drug-likeness (QED) is 0.826. The number of amides is 1. The molecule has 2 aromatic rings. The van der Waals surface area contributed by atoms with Gasteiger partial charge in [0.2, 0.25) is 5.91 Å². The minimum absolute atomic E-state index is 0.0929. The van der Waals surface area contributed by atoms with Gasteiger partial charge in [-0.15, -0.1) is 0 Å². The summed E-state index contributed by atoms with van der Waals surface area (Å²) in [7, 11) is 0. The largest absolute Gasteiger partial charge is 0.368 e. The Morgan fingerprint density at radius 3 is 2.79 bits per heavy atom. The molecule has 3 rings (SSSR count). The maximum atomic E-state index is 13.5. The molecule has 0 radical (unpaired) electrons. The maximum Gasteiger partial charge on any atom is 0.224 e. The zero-order chi connectivity index (χ0) is 16.9. The Morgan fingerprint density at radius 1 is 1.21 bits per heavy atom. The molecule has 1 atom stereocenters. The summed E-state index contributed by atoms with van der Waals surface area (Å²) in [5.41, 5.74) is 3.15. The van der Waals surface area contributed by atoms with Crippen molar-refractivity contribution in [3.05, 3.63) is 65.5 Å². The number of hydrogen-bond acceptors (Lipinski definition) is 2. The number of benzene rings is 2. The van der Waals surface area contributed by atoms with E-state index in [0.29, 0.717) is 18.2 Å². The van der Waals surface area contributed by atoms with E-state index in [4.69, 9.17) is 0 Å². The van der Waals surface area contributed by atoms with E-state index in [1.54, 1.807) is 18.2 Å². The van der Waals surface area contributed by atoms with E-state index in [0.717, 1.165) is 19.4 Å². The van der Waals surface area contributed by atoms with Gasteiger partial charge in [-0.25, -0.2) is 4.39 Å². The van der Waals surface area contributed by atoms with Crippen molar-refractivity contribution in [3.63, 3.8) is 0 Å². The summed E-state index contributed by atoms with van der Waals surface area (Å²) in [6.45, 7) is 3.76. The monoisotopic (exact) mass is 326 g/mol. The van der Waals surface area contributed by atoms with Crippen LogP contribution >= 0.6 is 0 Å². The van der Waals surface area contributed by atoms with Gasteiger partial charge in [-0.1, -0.05) is 36.4 Å². The number of carbonyl (C=O) groups is 1. The first kappa shape index (κ1) is 16.5. The Morgan fingerprint density at radius 2 is 1.96 bits per heavy atom. The SMILES string of the molecule is C[C@@H]1Cc2ccccc2N1CCCNC(=O)Cc1ccccc1F. The van der Waals surface area contributed by atoms with Gasteiger partial charge < -0.3 is 10.2 Å². The highest BCUT2D eigenvalue weighted by Gasteiger charge is 2.24. The second-order valence-electron chi connectivity index (χ2n) is 6.35. The maximum absolute atomic E-state index is 13.5. The van der Waals surface area contributed by atoms with E-state index in [-0.39, 0.29) is 18.1 Å². The molecule has 1 amide bonds. The number of fused-ring (bicyclic) bond motifs is 1. The van der Waals surface area contributed by atoms with E-state index < -0.39 is 0 Å². The van der Waals surface area contributed by atoms with Gasteiger partial charge in [0.25, 0.3) is 0 Å². The Bertz CT molecular complexity index is 716. The first-order valence-electron chi connectivity index (χ1n) is 8.50. The van der Waals surface area contributed by atoms with Crippen LogP contribution in [0.15, 0.2) is 48.5 Å². The lowest BCUT2D eigenvalue weighted by atomic mass is 10.1. The average molecular weight is 326 g/mol. The van der Waals surface area contributed by atoms with Gasteiger partial charge in [-0.3, -0.25) is 4.79 Å². The zero-order valence-corrected chi connectivity index (χ0v) is 14.0. The molecule has 3 nitrogen and oxygen atoms in total. The molecular formula is C20H23FN2O. The summed E-state index contributed by atoms with van der Waals surface area (Å²) in [6, 6.07) is 15.4. The standard InChI is InChI=1S/C20H23FN2O/c1-15-13-17-8-3-5-10-19(17)23(15)12-6-11-22-20(24)14-16-7-2-4-9-18(16)21/h2-5,7-10,15H,6,11-14H2,1H3,(H,22,24)/t15-/m1/s1. The predicted octanol–water partition coefficient (Wildman–Crippen LogP) is 3.33. The molecule has 0 unspecified atom stereocenters. The van der Waals surface area contributed by atoms with Crippen LogP contribution < -0.4 is 10.2 Å². The molecular weight excluding hydrogens is 303 g/mol. The number of halogens is 1. The fourth-order valence-corrected chi connectivity index (χ4v) is 3.32. The molecule has 0 bridgehead atoms. The van der Waals surface area contributed by atoms with Gasteiger partial charge in [0.05, 0.1) is 6.42 Å². The van der Waals surface area contributed by atoms with Crippen LogP contribution in [0.3, 0.4) is 0 Å². The van der Waals surface area contributed by atoms with E-state index in [1.807, 2.05) is 0 Å². The number of anilines is 1. The zero-order valence-electron chi connectivity index (χ0n) is 14.0. The molecule has 0 aromatic heterocycles. The fourth-order valence-electron chi connectivity index (χ4n) is 3.32. The molecule has 126 valence electrons. The smallest absolute Gasteiger partial charge is 0.224 e. The number of nitrogens with zero attached hydrogens (tertiary/aromatic N) is 1. The topological polar surface area (TPSA) is 32.3 Å². The van der Waals surface area contributed by atoms with Gasteiger partial charge in [0.1, 0.15) is 5.82 Å². The van der Waals surface area contributed by atoms with E-state index in [2.05, 4.69) is 41.4 Å². The summed E-state index contributed by atoms with van der Waals surface area (Å²) < 4.78 is 13.5. The van der Waals surface area contributed by atoms with E-state index in [1.165, 1.54) is 17.3 Å². The van der Waals surface area contributed by atoms with Crippen molar-refractivity contribution in [2.24, 2.45) is 0 Å². The lowest BCUT2D eigenvalue weighted by molar-refractivity contribution is -0.120. The van der Waals surface area contributed by atoms with Gasteiger partial charge in [-0.05, 0) is 43.0 Å². The van der Waals surface area contributed by atoms with Gasteiger partial charge >= 0.3 is 0 Å². The van der Waals surface area contributed by atoms with Crippen LogP contribution in [-0.4, -0.2) is 25.0 Å². The molecule has 2 aromatic carbocycles. The van der Waals surface area contributed by atoms with E-state index in [9.17, 15) is 9.18 Å². The summed E-state index contributed by atoms with van der Waals surface area (Å²) >= 11 is 0. The number of hydrogen-bond donors (Lipinski definition) is 1. The normalized spacial score (nSPS) is 16.1. The third kappa shape index (κ3) is 3.75. The van der Waals surface area contributed by atoms with Crippen LogP contribution in [0, 0.1) is 5.82 Å². The van der Waals surface area contributed by atoms with Gasteiger partial charge in [-0.2, -0.15) is 0 Å². The summed E-state index contributed by atoms with van der Waals surface area (Å²) in [5.74, 6) is -0.454. The van der Waals surface area contributed by atoms with E-state index >= 15 is 0 Å². The number of carbonyl (C=O) groups excluding carboxylic acids is 1. The fraction of sp³-hybridized carbons (Fsp3) is 0.350. The molecule has 0 fully saturated rings. The second kappa shape index (κ2) is 7.47. The summed E-state index contributed by atoms with van der Waals surface area (Å²) in [5, 5.41) is 2.89. The molecule has 0 saturated heterocycles. The minimum atomic E-state index is -0.324. The van der Waals surface area contributed by atoms with Crippen molar-refractivity contribution >= 4 is 11.6 Å². The molecule has 0 aliphatic carbocycles. The first-order chi connectivity index (χ1) is 11.6. The highest BCUT2D eigenvalue weighted by Crippen LogP contribution is 2.31. The summed E-state index contributed by atoms with van der Waals surface area (Å²) in [6.07, 6.45) is 2.05. The van der Waals surface area contributed by atoms with Crippen molar-refractivity contribution in [3.8, 4) is 0 Å². The van der Waals surface area contributed by atoms with Crippen LogP contribution in [0.25, 0.3) is 0 Å². The molecule has 1 aliphatic heterocycles. The third-order valence-corrected chi connectivity index (χ3v) is 4.56. The molecule has 1 heterocycles. The van der Waals surface area contributed by atoms with Crippen LogP contribution in [0.1, 0.15) is 24.5 Å². The van der Waals surface area contributed by atoms with Crippen LogP contribution in [0.2, 0.25) is 0 Å². The Labute approximate surface area is 142 Å². The van der Waals surface area contributed by atoms with Crippen molar-refractivity contribution in [1.82, 2.24) is 5.32 Å². The average Bonchev–Trinajstić information content (AvgIpc) is 2.89. The molecule has 1 N–H and O–H groups in total. The van der Waals surface area contributed by atoms with Crippen molar-refractivity contribution < 1.29 is 9.18 Å². The van der Waals surface area contributed by atoms with Gasteiger partial charge in [0, 0.05) is 24.8 Å². The molecule has 24 heavy (non-hydrogen) atoms.